The van der Waals surface area contributed by atoms with E-state index in [-0.39, 0.29) is 11.7 Å². The van der Waals surface area contributed by atoms with E-state index >= 15 is 0 Å². The molecule has 0 radical (unpaired) electrons. The van der Waals surface area contributed by atoms with Crippen LogP contribution in [0, 0.1) is 12.7 Å². The molecular formula is C25H21FN4O2. The fourth-order valence-corrected chi connectivity index (χ4v) is 3.05. The van der Waals surface area contributed by atoms with Crippen LogP contribution in [-0.4, -0.2) is 20.4 Å². The molecule has 4 aromatic rings. The van der Waals surface area contributed by atoms with Gasteiger partial charge in [0.05, 0.1) is 6.20 Å². The van der Waals surface area contributed by atoms with Gasteiger partial charge in [-0.15, -0.1) is 0 Å². The van der Waals surface area contributed by atoms with Crippen molar-refractivity contribution in [2.45, 2.75) is 13.5 Å². The quantitative estimate of drug-likeness (QED) is 0.410. The van der Waals surface area contributed by atoms with Crippen LogP contribution in [0.5, 0.6) is 11.5 Å². The summed E-state index contributed by atoms with van der Waals surface area (Å²) in [6, 6.07) is 15.5. The van der Waals surface area contributed by atoms with Gasteiger partial charge in [0.2, 0.25) is 5.91 Å². The molecule has 1 N–H and O–H groups in total. The Morgan fingerprint density at radius 1 is 1.16 bits per heavy atom. The first-order valence-electron chi connectivity index (χ1n) is 10.00. The Morgan fingerprint density at radius 3 is 2.69 bits per heavy atom. The summed E-state index contributed by atoms with van der Waals surface area (Å²) in [6.07, 6.45) is 9.71. The predicted molar refractivity (Wildman–Crippen MR) is 121 cm³/mol. The van der Waals surface area contributed by atoms with E-state index in [0.29, 0.717) is 23.5 Å². The van der Waals surface area contributed by atoms with Crippen molar-refractivity contribution in [3.05, 3.63) is 108 Å². The molecule has 7 heteroatoms. The second-order valence-corrected chi connectivity index (χ2v) is 7.10. The van der Waals surface area contributed by atoms with Crippen molar-refractivity contribution < 1.29 is 13.9 Å². The molecular weight excluding hydrogens is 407 g/mol. The first-order valence-corrected chi connectivity index (χ1v) is 10.00. The first kappa shape index (κ1) is 21.0. The number of rotatable bonds is 7. The van der Waals surface area contributed by atoms with Gasteiger partial charge in [0.15, 0.2) is 11.6 Å². The van der Waals surface area contributed by atoms with Crippen LogP contribution in [0.25, 0.3) is 6.08 Å². The predicted octanol–water partition coefficient (Wildman–Crippen LogP) is 5.22. The highest BCUT2D eigenvalue weighted by molar-refractivity contribution is 6.01. The van der Waals surface area contributed by atoms with Crippen LogP contribution in [-0.2, 0) is 11.3 Å². The SMILES string of the molecule is Cc1nccn1Cc1ccc(NC(=O)/C=C/c2ccc(Oc3cccnc3)c(F)c2)cc1. The van der Waals surface area contributed by atoms with Gasteiger partial charge in [0.25, 0.3) is 0 Å². The Labute approximate surface area is 185 Å². The van der Waals surface area contributed by atoms with Crippen molar-refractivity contribution in [1.82, 2.24) is 14.5 Å². The van der Waals surface area contributed by atoms with Crippen molar-refractivity contribution in [1.29, 1.82) is 0 Å². The number of benzene rings is 2. The number of imidazole rings is 1. The summed E-state index contributed by atoms with van der Waals surface area (Å²) in [7, 11) is 0. The maximum absolute atomic E-state index is 14.3. The normalized spacial score (nSPS) is 10.9. The molecule has 0 spiro atoms. The largest absolute Gasteiger partial charge is 0.453 e. The molecule has 2 heterocycles. The van der Waals surface area contributed by atoms with Crippen molar-refractivity contribution >= 4 is 17.7 Å². The molecule has 1 amide bonds. The van der Waals surface area contributed by atoms with Gasteiger partial charge in [0, 0.05) is 36.9 Å². The number of carbonyl (C=O) groups is 1. The molecule has 32 heavy (non-hydrogen) atoms. The standard InChI is InChI=1S/C25H21FN4O2/c1-18-28-13-14-30(18)17-20-4-8-21(9-5-20)29-25(31)11-7-19-6-10-24(23(26)15-19)32-22-3-2-12-27-16-22/h2-16H,17H2,1H3,(H,29,31)/b11-7+. The van der Waals surface area contributed by atoms with E-state index in [4.69, 9.17) is 4.74 Å². The summed E-state index contributed by atoms with van der Waals surface area (Å²) in [5.74, 6) is 0.644. The van der Waals surface area contributed by atoms with Gasteiger partial charge in [-0.05, 0) is 60.5 Å². The van der Waals surface area contributed by atoms with E-state index in [0.717, 1.165) is 11.4 Å². The van der Waals surface area contributed by atoms with Gasteiger partial charge in [-0.3, -0.25) is 9.78 Å². The van der Waals surface area contributed by atoms with Gasteiger partial charge < -0.3 is 14.6 Å². The molecule has 0 fully saturated rings. The molecule has 2 aromatic carbocycles. The van der Waals surface area contributed by atoms with Crippen molar-refractivity contribution in [2.75, 3.05) is 5.32 Å². The molecule has 0 aliphatic rings. The minimum atomic E-state index is -0.528. The molecule has 4 rings (SSSR count). The molecule has 6 nitrogen and oxygen atoms in total. The lowest BCUT2D eigenvalue weighted by molar-refractivity contribution is -0.111. The van der Waals surface area contributed by atoms with Gasteiger partial charge >= 0.3 is 0 Å². The number of aryl methyl sites for hydroxylation is 1. The van der Waals surface area contributed by atoms with Crippen LogP contribution in [0.4, 0.5) is 10.1 Å². The molecule has 0 aliphatic heterocycles. The molecule has 0 atom stereocenters. The fraction of sp³-hybridized carbons (Fsp3) is 0.0800. The molecule has 0 bridgehead atoms. The number of anilines is 1. The summed E-state index contributed by atoms with van der Waals surface area (Å²) < 4.78 is 21.8. The number of carbonyl (C=O) groups excluding carboxylic acids is 1. The minimum absolute atomic E-state index is 0.0885. The number of nitrogens with zero attached hydrogens (tertiary/aromatic N) is 3. The average Bonchev–Trinajstić information content (AvgIpc) is 3.20. The zero-order valence-corrected chi connectivity index (χ0v) is 17.4. The van der Waals surface area contributed by atoms with E-state index in [1.807, 2.05) is 42.0 Å². The van der Waals surface area contributed by atoms with E-state index < -0.39 is 5.82 Å². The van der Waals surface area contributed by atoms with Crippen LogP contribution >= 0.6 is 0 Å². The Bertz CT molecular complexity index is 1230. The number of pyridine rings is 1. The maximum Gasteiger partial charge on any atom is 0.248 e. The van der Waals surface area contributed by atoms with Crippen LogP contribution in [0.2, 0.25) is 0 Å². The zero-order chi connectivity index (χ0) is 22.3. The van der Waals surface area contributed by atoms with E-state index in [9.17, 15) is 9.18 Å². The Kier molecular flexibility index (Phi) is 6.36. The van der Waals surface area contributed by atoms with Crippen LogP contribution in [0.3, 0.4) is 0 Å². The average molecular weight is 428 g/mol. The summed E-state index contributed by atoms with van der Waals surface area (Å²) in [6.45, 7) is 2.67. The lowest BCUT2D eigenvalue weighted by Crippen LogP contribution is -2.08. The number of aromatic nitrogens is 3. The number of hydrogen-bond donors (Lipinski definition) is 1. The van der Waals surface area contributed by atoms with E-state index in [1.165, 1.54) is 24.4 Å². The third-order valence-corrected chi connectivity index (χ3v) is 4.74. The van der Waals surface area contributed by atoms with Gasteiger partial charge in [-0.25, -0.2) is 9.37 Å². The number of nitrogens with one attached hydrogen (secondary N) is 1. The van der Waals surface area contributed by atoms with E-state index in [1.54, 1.807) is 36.7 Å². The topological polar surface area (TPSA) is 69.0 Å². The monoisotopic (exact) mass is 428 g/mol. The highest BCUT2D eigenvalue weighted by Crippen LogP contribution is 2.25. The Hall–Kier alpha value is -4.26. The Balaban J connectivity index is 1.34. The zero-order valence-electron chi connectivity index (χ0n) is 17.4. The second-order valence-electron chi connectivity index (χ2n) is 7.10. The Morgan fingerprint density at radius 2 is 2.00 bits per heavy atom. The summed E-state index contributed by atoms with van der Waals surface area (Å²) in [4.78, 5) is 20.4. The second kappa shape index (κ2) is 9.70. The summed E-state index contributed by atoms with van der Waals surface area (Å²) >= 11 is 0. The van der Waals surface area contributed by atoms with Crippen molar-refractivity contribution in [3.8, 4) is 11.5 Å². The molecule has 0 aliphatic carbocycles. The maximum atomic E-state index is 14.3. The molecule has 0 saturated heterocycles. The number of halogens is 1. The summed E-state index contributed by atoms with van der Waals surface area (Å²) in [5, 5.41) is 2.80. The third-order valence-electron chi connectivity index (χ3n) is 4.74. The van der Waals surface area contributed by atoms with Crippen molar-refractivity contribution in [2.24, 2.45) is 0 Å². The van der Waals surface area contributed by atoms with Crippen LogP contribution in [0.1, 0.15) is 17.0 Å². The highest BCUT2D eigenvalue weighted by Gasteiger charge is 2.06. The van der Waals surface area contributed by atoms with Crippen molar-refractivity contribution in [3.63, 3.8) is 0 Å². The number of amides is 1. The smallest absolute Gasteiger partial charge is 0.248 e. The minimum Gasteiger partial charge on any atom is -0.453 e. The first-order chi connectivity index (χ1) is 15.6. The fourth-order valence-electron chi connectivity index (χ4n) is 3.05. The summed E-state index contributed by atoms with van der Waals surface area (Å²) in [5.41, 5.74) is 2.32. The van der Waals surface area contributed by atoms with Gasteiger partial charge in [-0.2, -0.15) is 0 Å². The van der Waals surface area contributed by atoms with Crippen LogP contribution < -0.4 is 10.1 Å². The number of hydrogen-bond acceptors (Lipinski definition) is 4. The highest BCUT2D eigenvalue weighted by atomic mass is 19.1. The lowest BCUT2D eigenvalue weighted by atomic mass is 10.2. The molecule has 0 unspecified atom stereocenters. The molecule has 0 saturated carbocycles. The van der Waals surface area contributed by atoms with Crippen LogP contribution in [0.15, 0.2) is 85.5 Å². The van der Waals surface area contributed by atoms with E-state index in [2.05, 4.69) is 15.3 Å². The molecule has 2 aromatic heterocycles. The number of ether oxygens (including phenoxy) is 1. The third kappa shape index (κ3) is 5.46. The van der Waals surface area contributed by atoms with Gasteiger partial charge in [0.1, 0.15) is 11.6 Å². The lowest BCUT2D eigenvalue weighted by Gasteiger charge is -2.07. The van der Waals surface area contributed by atoms with Gasteiger partial charge in [-0.1, -0.05) is 18.2 Å². The molecule has 160 valence electrons.